The number of rotatable bonds is 2. The lowest BCUT2D eigenvalue weighted by molar-refractivity contribution is 0.201. The molecule has 0 aliphatic carbocycles. The predicted octanol–water partition coefficient (Wildman–Crippen LogP) is 2.18. The third-order valence-corrected chi connectivity index (χ3v) is 3.68. The predicted molar refractivity (Wildman–Crippen MR) is 66.2 cm³/mol. The second kappa shape index (κ2) is 4.64. The Balaban J connectivity index is 1.96. The highest BCUT2D eigenvalue weighted by atomic mass is 32.1. The molecule has 0 atom stereocenters. The summed E-state index contributed by atoms with van der Waals surface area (Å²) in [6, 6.07) is 4.37. The zero-order valence-electron chi connectivity index (χ0n) is 9.62. The molecule has 1 aliphatic rings. The molecule has 2 nitrogen and oxygen atoms in total. The Kier molecular flexibility index (Phi) is 3.44. The molecule has 1 aliphatic heterocycles. The highest BCUT2D eigenvalue weighted by Crippen LogP contribution is 2.20. The van der Waals surface area contributed by atoms with Crippen LogP contribution in [0.25, 0.3) is 0 Å². The first kappa shape index (κ1) is 11.1. The van der Waals surface area contributed by atoms with Crippen molar-refractivity contribution < 1.29 is 0 Å². The lowest BCUT2D eigenvalue weighted by Crippen LogP contribution is -2.34. The fourth-order valence-electron chi connectivity index (χ4n) is 2.16. The van der Waals surface area contributed by atoms with Crippen molar-refractivity contribution in [3.63, 3.8) is 0 Å². The minimum Gasteiger partial charge on any atom is -0.315 e. The van der Waals surface area contributed by atoms with E-state index in [4.69, 9.17) is 0 Å². The normalized spacial score (nSPS) is 22.5. The van der Waals surface area contributed by atoms with Crippen LogP contribution in [0.1, 0.15) is 18.7 Å². The second-order valence-electron chi connectivity index (χ2n) is 5.13. The van der Waals surface area contributed by atoms with Gasteiger partial charge in [0.05, 0.1) is 0 Å². The van der Waals surface area contributed by atoms with Gasteiger partial charge in [-0.15, -0.1) is 11.3 Å². The third kappa shape index (κ3) is 3.30. The molecule has 15 heavy (non-hydrogen) atoms. The van der Waals surface area contributed by atoms with Crippen molar-refractivity contribution in [2.45, 2.75) is 20.4 Å². The summed E-state index contributed by atoms with van der Waals surface area (Å²) in [4.78, 5) is 4.04. The fraction of sp³-hybridized carbons (Fsp3) is 0.667. The first-order valence-electron chi connectivity index (χ1n) is 5.61. The van der Waals surface area contributed by atoms with Crippen LogP contribution in [0.5, 0.6) is 0 Å². The Morgan fingerprint density at radius 1 is 1.53 bits per heavy atom. The van der Waals surface area contributed by atoms with Gasteiger partial charge in [0, 0.05) is 37.6 Å². The topological polar surface area (TPSA) is 15.3 Å². The van der Waals surface area contributed by atoms with Crippen LogP contribution in [0.3, 0.4) is 0 Å². The molecular weight excluding hydrogens is 204 g/mol. The summed E-state index contributed by atoms with van der Waals surface area (Å²) in [5.41, 5.74) is 0.397. The molecule has 1 aromatic rings. The molecule has 1 N–H and O–H groups in total. The summed E-state index contributed by atoms with van der Waals surface area (Å²) >= 11 is 1.86. The van der Waals surface area contributed by atoms with E-state index in [1.807, 2.05) is 11.3 Å². The summed E-state index contributed by atoms with van der Waals surface area (Å²) in [6.07, 6.45) is 0. The molecule has 2 heterocycles. The van der Waals surface area contributed by atoms with Crippen molar-refractivity contribution >= 4 is 11.3 Å². The van der Waals surface area contributed by atoms with Gasteiger partial charge in [-0.05, 0) is 16.9 Å². The van der Waals surface area contributed by atoms with Gasteiger partial charge >= 0.3 is 0 Å². The monoisotopic (exact) mass is 224 g/mol. The number of hydrogen-bond donors (Lipinski definition) is 1. The third-order valence-electron chi connectivity index (χ3n) is 2.82. The standard InChI is InChI=1S/C12H20N2S/c1-12(2)9-13-5-6-14(10-12)8-11-4-3-7-15-11/h3-4,7,13H,5-6,8-10H2,1-2H3. The van der Waals surface area contributed by atoms with Gasteiger partial charge in [-0.25, -0.2) is 0 Å². The van der Waals surface area contributed by atoms with Gasteiger partial charge < -0.3 is 5.32 Å². The Morgan fingerprint density at radius 2 is 2.40 bits per heavy atom. The van der Waals surface area contributed by atoms with Gasteiger partial charge in [0.25, 0.3) is 0 Å². The summed E-state index contributed by atoms with van der Waals surface area (Å²) in [5, 5.41) is 5.67. The average molecular weight is 224 g/mol. The van der Waals surface area contributed by atoms with Gasteiger partial charge in [-0.2, -0.15) is 0 Å². The van der Waals surface area contributed by atoms with Gasteiger partial charge in [0.2, 0.25) is 0 Å². The van der Waals surface area contributed by atoms with Crippen LogP contribution in [0.2, 0.25) is 0 Å². The zero-order valence-corrected chi connectivity index (χ0v) is 10.4. The van der Waals surface area contributed by atoms with Crippen molar-refractivity contribution in [1.29, 1.82) is 0 Å². The average Bonchev–Trinajstić information content (AvgIpc) is 2.58. The van der Waals surface area contributed by atoms with E-state index >= 15 is 0 Å². The maximum absolute atomic E-state index is 3.51. The summed E-state index contributed by atoms with van der Waals surface area (Å²) in [5.74, 6) is 0. The SMILES string of the molecule is CC1(C)CNCCN(Cc2cccs2)C1. The van der Waals surface area contributed by atoms with Crippen LogP contribution in [0.4, 0.5) is 0 Å². The van der Waals surface area contributed by atoms with Crippen LogP contribution in [0, 0.1) is 5.41 Å². The van der Waals surface area contributed by atoms with Crippen LogP contribution in [-0.2, 0) is 6.54 Å². The van der Waals surface area contributed by atoms with Gasteiger partial charge in [0.1, 0.15) is 0 Å². The Hall–Kier alpha value is -0.380. The molecule has 84 valence electrons. The summed E-state index contributed by atoms with van der Waals surface area (Å²) < 4.78 is 0. The summed E-state index contributed by atoms with van der Waals surface area (Å²) in [6.45, 7) is 10.4. The van der Waals surface area contributed by atoms with Crippen LogP contribution in [0.15, 0.2) is 17.5 Å². The van der Waals surface area contributed by atoms with Crippen molar-refractivity contribution in [3.05, 3.63) is 22.4 Å². The van der Waals surface area contributed by atoms with E-state index in [9.17, 15) is 0 Å². The molecule has 0 spiro atoms. The Bertz CT molecular complexity index is 293. The van der Waals surface area contributed by atoms with E-state index < -0.39 is 0 Å². The van der Waals surface area contributed by atoms with E-state index in [1.165, 1.54) is 18.0 Å². The van der Waals surface area contributed by atoms with Gasteiger partial charge in [-0.3, -0.25) is 4.90 Å². The lowest BCUT2D eigenvalue weighted by atomic mass is 9.93. The fourth-order valence-corrected chi connectivity index (χ4v) is 2.91. The first-order chi connectivity index (χ1) is 7.16. The number of nitrogens with one attached hydrogen (secondary N) is 1. The molecule has 0 unspecified atom stereocenters. The van der Waals surface area contributed by atoms with Crippen molar-refractivity contribution in [3.8, 4) is 0 Å². The first-order valence-corrected chi connectivity index (χ1v) is 6.49. The van der Waals surface area contributed by atoms with E-state index in [0.717, 1.165) is 19.6 Å². The highest BCUT2D eigenvalue weighted by Gasteiger charge is 2.24. The molecule has 0 aromatic carbocycles. The summed E-state index contributed by atoms with van der Waals surface area (Å²) in [7, 11) is 0. The molecule has 1 saturated heterocycles. The minimum absolute atomic E-state index is 0.397. The van der Waals surface area contributed by atoms with Crippen molar-refractivity contribution in [1.82, 2.24) is 10.2 Å². The largest absolute Gasteiger partial charge is 0.315 e. The van der Waals surface area contributed by atoms with Crippen molar-refractivity contribution in [2.75, 3.05) is 26.2 Å². The van der Waals surface area contributed by atoms with E-state index in [-0.39, 0.29) is 0 Å². The quantitative estimate of drug-likeness (QED) is 0.828. The minimum atomic E-state index is 0.397. The molecule has 0 saturated carbocycles. The number of thiophene rings is 1. The van der Waals surface area contributed by atoms with E-state index in [2.05, 4.69) is 41.6 Å². The molecule has 0 bridgehead atoms. The smallest absolute Gasteiger partial charge is 0.0328 e. The molecule has 2 rings (SSSR count). The van der Waals surface area contributed by atoms with Crippen molar-refractivity contribution in [2.24, 2.45) is 5.41 Å². The molecule has 0 amide bonds. The maximum Gasteiger partial charge on any atom is 0.0328 e. The van der Waals surface area contributed by atoms with E-state index in [0.29, 0.717) is 5.41 Å². The number of nitrogens with zero attached hydrogens (tertiary/aromatic N) is 1. The molecule has 1 fully saturated rings. The van der Waals surface area contributed by atoms with Crippen LogP contribution in [-0.4, -0.2) is 31.1 Å². The molecule has 3 heteroatoms. The lowest BCUT2D eigenvalue weighted by Gasteiger charge is -2.28. The highest BCUT2D eigenvalue weighted by molar-refractivity contribution is 7.09. The van der Waals surface area contributed by atoms with Gasteiger partial charge in [0.15, 0.2) is 0 Å². The zero-order chi connectivity index (χ0) is 10.7. The number of hydrogen-bond acceptors (Lipinski definition) is 3. The van der Waals surface area contributed by atoms with Gasteiger partial charge in [-0.1, -0.05) is 19.9 Å². The molecular formula is C12H20N2S. The Labute approximate surface area is 96.3 Å². The molecule has 1 aromatic heterocycles. The Morgan fingerprint density at radius 3 is 3.13 bits per heavy atom. The molecule has 0 radical (unpaired) electrons. The second-order valence-corrected chi connectivity index (χ2v) is 6.16. The van der Waals surface area contributed by atoms with Crippen LogP contribution < -0.4 is 5.32 Å². The van der Waals surface area contributed by atoms with E-state index in [1.54, 1.807) is 0 Å². The van der Waals surface area contributed by atoms with Crippen LogP contribution >= 0.6 is 11.3 Å². The maximum atomic E-state index is 3.51.